The van der Waals surface area contributed by atoms with Crippen LogP contribution >= 0.6 is 0 Å². The average molecular weight is 435 g/mol. The van der Waals surface area contributed by atoms with Crippen LogP contribution in [0.4, 0.5) is 39.5 Å². The number of alkyl halides is 9. The lowest BCUT2D eigenvalue weighted by atomic mass is 10.1. The molecule has 0 heterocycles. The Morgan fingerprint density at radius 2 is 1.24 bits per heavy atom. The third-order valence-electron chi connectivity index (χ3n) is 2.75. The molecule has 15 heteroatoms. The monoisotopic (exact) mass is 434 g/mol. The van der Waals surface area contributed by atoms with Gasteiger partial charge in [-0.15, -0.1) is 0 Å². The van der Waals surface area contributed by atoms with Crippen molar-refractivity contribution in [3.63, 3.8) is 0 Å². The molecule has 0 fully saturated rings. The quantitative estimate of drug-likeness (QED) is 0.316. The Hall–Kier alpha value is -0.470. The van der Waals surface area contributed by atoms with Crippen LogP contribution in [0.2, 0.25) is 0 Å². The second-order valence-corrected chi connectivity index (χ2v) is 7.74. The standard InChI is InChI=1S/C10H16F9N2O2S.ClH/c1-21(2,3)6-4-5-20-24(22,23)10(18,19)8(13,14)7(11,12)9(15,16)17;/h20H,4-6H2,1-3H3;1H/q+1;/p-1. The predicted octanol–water partition coefficient (Wildman–Crippen LogP) is -0.568. The summed E-state index contributed by atoms with van der Waals surface area (Å²) in [6, 6.07) is 0. The third kappa shape index (κ3) is 5.50. The van der Waals surface area contributed by atoms with Gasteiger partial charge in [-0.05, 0) is 0 Å². The van der Waals surface area contributed by atoms with E-state index in [4.69, 9.17) is 0 Å². The Bertz CT molecular complexity index is 544. The molecule has 4 nitrogen and oxygen atoms in total. The fraction of sp³-hybridized carbons (Fsp3) is 1.00. The molecule has 0 rings (SSSR count). The Morgan fingerprint density at radius 1 is 0.840 bits per heavy atom. The molecule has 0 saturated heterocycles. The summed E-state index contributed by atoms with van der Waals surface area (Å²) in [6.45, 7) is -0.662. The number of quaternary nitrogens is 1. The molecule has 154 valence electrons. The maximum Gasteiger partial charge on any atom is 0.460 e. The zero-order valence-corrected chi connectivity index (χ0v) is 14.6. The first-order valence-electron chi connectivity index (χ1n) is 6.20. The van der Waals surface area contributed by atoms with Gasteiger partial charge >= 0.3 is 23.3 Å². The number of nitrogens with one attached hydrogen (secondary N) is 1. The molecule has 0 aromatic carbocycles. The maximum absolute atomic E-state index is 13.3. The van der Waals surface area contributed by atoms with E-state index in [0.717, 1.165) is 4.72 Å². The molecule has 25 heavy (non-hydrogen) atoms. The van der Waals surface area contributed by atoms with Crippen molar-refractivity contribution < 1.29 is 64.8 Å². The first kappa shape index (κ1) is 26.8. The number of sulfonamides is 1. The van der Waals surface area contributed by atoms with E-state index in [9.17, 15) is 47.9 Å². The number of hydrogen-bond donors (Lipinski definition) is 1. The molecule has 0 amide bonds. The van der Waals surface area contributed by atoms with Crippen molar-refractivity contribution >= 4 is 10.0 Å². The van der Waals surface area contributed by atoms with Gasteiger partial charge in [0.2, 0.25) is 0 Å². The summed E-state index contributed by atoms with van der Waals surface area (Å²) in [4.78, 5) is 0. The summed E-state index contributed by atoms with van der Waals surface area (Å²) in [5.41, 5.74) is 0. The van der Waals surface area contributed by atoms with E-state index in [1.807, 2.05) is 0 Å². The highest BCUT2D eigenvalue weighted by molar-refractivity contribution is 7.90. The van der Waals surface area contributed by atoms with E-state index in [-0.39, 0.29) is 29.9 Å². The third-order valence-corrected chi connectivity index (χ3v) is 4.27. The molecule has 0 atom stereocenters. The fourth-order valence-corrected chi connectivity index (χ4v) is 2.44. The van der Waals surface area contributed by atoms with Crippen LogP contribution in [0, 0.1) is 0 Å². The number of nitrogens with zero attached hydrogens (tertiary/aromatic N) is 1. The van der Waals surface area contributed by atoms with Crippen LogP contribution in [0.25, 0.3) is 0 Å². The molecule has 0 aliphatic heterocycles. The average Bonchev–Trinajstić information content (AvgIpc) is 2.31. The van der Waals surface area contributed by atoms with Gasteiger partial charge in [-0.25, -0.2) is 13.1 Å². The minimum absolute atomic E-state index is 0. The van der Waals surface area contributed by atoms with Crippen LogP contribution in [0.15, 0.2) is 0 Å². The lowest BCUT2D eigenvalue weighted by Crippen LogP contribution is -3.00. The van der Waals surface area contributed by atoms with Crippen LogP contribution in [0.3, 0.4) is 0 Å². The van der Waals surface area contributed by atoms with E-state index in [1.54, 1.807) is 21.1 Å². The minimum Gasteiger partial charge on any atom is -1.00 e. The summed E-state index contributed by atoms with van der Waals surface area (Å²) < 4.78 is 137. The van der Waals surface area contributed by atoms with Gasteiger partial charge in [0.15, 0.2) is 0 Å². The smallest absolute Gasteiger partial charge is 0.460 e. The highest BCUT2D eigenvalue weighted by Crippen LogP contribution is 2.54. The highest BCUT2D eigenvalue weighted by Gasteiger charge is 2.85. The topological polar surface area (TPSA) is 46.2 Å². The molecular weight excluding hydrogens is 419 g/mol. The van der Waals surface area contributed by atoms with Gasteiger partial charge in [0, 0.05) is 13.0 Å². The molecule has 0 unspecified atom stereocenters. The normalized spacial score (nSPS) is 15.0. The van der Waals surface area contributed by atoms with Crippen molar-refractivity contribution in [2.24, 2.45) is 0 Å². The van der Waals surface area contributed by atoms with Gasteiger partial charge in [-0.1, -0.05) is 0 Å². The van der Waals surface area contributed by atoms with Gasteiger partial charge in [-0.3, -0.25) is 0 Å². The van der Waals surface area contributed by atoms with Crippen molar-refractivity contribution in [1.82, 2.24) is 4.72 Å². The Morgan fingerprint density at radius 3 is 1.56 bits per heavy atom. The molecule has 0 bridgehead atoms. The first-order chi connectivity index (χ1) is 10.2. The van der Waals surface area contributed by atoms with Crippen molar-refractivity contribution in [3.8, 4) is 0 Å². The Labute approximate surface area is 144 Å². The molecule has 0 aromatic heterocycles. The number of rotatable bonds is 8. The Kier molecular flexibility index (Phi) is 8.18. The lowest BCUT2D eigenvalue weighted by molar-refractivity contribution is -0.870. The van der Waals surface area contributed by atoms with Crippen LogP contribution in [0.1, 0.15) is 6.42 Å². The van der Waals surface area contributed by atoms with E-state index >= 15 is 0 Å². The summed E-state index contributed by atoms with van der Waals surface area (Å²) >= 11 is 0. The van der Waals surface area contributed by atoms with Crippen molar-refractivity contribution in [3.05, 3.63) is 0 Å². The van der Waals surface area contributed by atoms with Gasteiger partial charge in [0.05, 0.1) is 27.7 Å². The van der Waals surface area contributed by atoms with Crippen molar-refractivity contribution in [2.75, 3.05) is 34.2 Å². The minimum atomic E-state index is -7.25. The fourth-order valence-electron chi connectivity index (χ4n) is 1.38. The number of hydrogen-bond acceptors (Lipinski definition) is 2. The summed E-state index contributed by atoms with van der Waals surface area (Å²) in [5.74, 6) is -14.5. The summed E-state index contributed by atoms with van der Waals surface area (Å²) in [6.07, 6.45) is -7.22. The molecule has 0 saturated carbocycles. The molecule has 0 aliphatic rings. The summed E-state index contributed by atoms with van der Waals surface area (Å²) in [7, 11) is -1.62. The number of halogens is 10. The molecule has 0 aromatic rings. The van der Waals surface area contributed by atoms with Gasteiger partial charge in [0.25, 0.3) is 10.0 Å². The van der Waals surface area contributed by atoms with Crippen LogP contribution in [-0.2, 0) is 10.0 Å². The second kappa shape index (κ2) is 7.64. The maximum atomic E-state index is 13.3. The highest BCUT2D eigenvalue weighted by atomic mass is 35.5. The van der Waals surface area contributed by atoms with E-state index in [2.05, 4.69) is 0 Å². The second-order valence-electron chi connectivity index (χ2n) is 5.93. The van der Waals surface area contributed by atoms with Gasteiger partial charge in [0.1, 0.15) is 0 Å². The van der Waals surface area contributed by atoms with E-state index < -0.39 is 39.8 Å². The molecule has 0 aliphatic carbocycles. The van der Waals surface area contributed by atoms with Crippen molar-refractivity contribution in [1.29, 1.82) is 0 Å². The largest absolute Gasteiger partial charge is 1.00 e. The van der Waals surface area contributed by atoms with Crippen LogP contribution < -0.4 is 17.1 Å². The van der Waals surface area contributed by atoms with Crippen LogP contribution in [0.5, 0.6) is 0 Å². The molecular formula is C10H16ClF9N2O2S. The zero-order chi connectivity index (χ0) is 19.8. The van der Waals surface area contributed by atoms with Crippen LogP contribution in [-0.4, -0.2) is 70.4 Å². The Balaban J connectivity index is 0. The van der Waals surface area contributed by atoms with Crippen molar-refractivity contribution in [2.45, 2.75) is 29.7 Å². The SMILES string of the molecule is C[N+](C)(C)CCCNS(=O)(=O)C(F)(F)C(F)(F)C(F)(F)C(F)(F)F.[Cl-]. The van der Waals surface area contributed by atoms with Gasteiger partial charge in [-0.2, -0.15) is 39.5 Å². The van der Waals surface area contributed by atoms with Gasteiger partial charge < -0.3 is 16.9 Å². The molecule has 1 N–H and O–H groups in total. The molecule has 0 radical (unpaired) electrons. The molecule has 0 spiro atoms. The van der Waals surface area contributed by atoms with E-state index in [1.165, 1.54) is 0 Å². The lowest BCUT2D eigenvalue weighted by Gasteiger charge is -2.33. The van der Waals surface area contributed by atoms with E-state index in [0.29, 0.717) is 0 Å². The zero-order valence-electron chi connectivity index (χ0n) is 13.1. The first-order valence-corrected chi connectivity index (χ1v) is 7.69. The predicted molar refractivity (Wildman–Crippen MR) is 65.3 cm³/mol. The summed E-state index contributed by atoms with van der Waals surface area (Å²) in [5, 5.41) is -6.68.